The van der Waals surface area contributed by atoms with E-state index in [-0.39, 0.29) is 11.9 Å². The van der Waals surface area contributed by atoms with Crippen molar-refractivity contribution in [2.75, 3.05) is 13.1 Å². The third-order valence-electron chi connectivity index (χ3n) is 5.33. The molecular formula is C20H24F2N4OS. The Hall–Kier alpha value is -2.06. The van der Waals surface area contributed by atoms with E-state index in [4.69, 9.17) is 0 Å². The van der Waals surface area contributed by atoms with Crippen LogP contribution in [0.4, 0.5) is 8.78 Å². The maximum Gasteiger partial charge on any atom is 0.230 e. The van der Waals surface area contributed by atoms with Gasteiger partial charge in [-0.1, -0.05) is 38.2 Å². The number of hydrogen-bond donors (Lipinski definition) is 1. The van der Waals surface area contributed by atoms with Crippen LogP contribution in [0.25, 0.3) is 4.96 Å². The summed E-state index contributed by atoms with van der Waals surface area (Å²) in [4.78, 5) is 7.96. The number of aromatic hydroxyl groups is 1. The molecule has 1 fully saturated rings. The van der Waals surface area contributed by atoms with Crippen LogP contribution >= 0.6 is 11.3 Å². The molecule has 1 aliphatic heterocycles. The first-order chi connectivity index (χ1) is 13.4. The van der Waals surface area contributed by atoms with E-state index >= 15 is 0 Å². The first-order valence-electron chi connectivity index (χ1n) is 9.63. The van der Waals surface area contributed by atoms with Crippen LogP contribution in [-0.2, 0) is 6.42 Å². The molecule has 0 saturated carbocycles. The van der Waals surface area contributed by atoms with Crippen molar-refractivity contribution >= 4 is 16.3 Å². The summed E-state index contributed by atoms with van der Waals surface area (Å²) in [5.41, 5.74) is 0.621. The fourth-order valence-corrected chi connectivity index (χ4v) is 5.39. The van der Waals surface area contributed by atoms with E-state index in [1.165, 1.54) is 21.9 Å². The van der Waals surface area contributed by atoms with Crippen molar-refractivity contribution in [2.24, 2.45) is 11.8 Å². The highest BCUT2D eigenvalue weighted by molar-refractivity contribution is 7.17. The molecule has 0 aliphatic carbocycles. The lowest BCUT2D eigenvalue weighted by molar-refractivity contribution is 0.111. The highest BCUT2D eigenvalue weighted by Gasteiger charge is 2.34. The Labute approximate surface area is 166 Å². The quantitative estimate of drug-likeness (QED) is 0.698. The van der Waals surface area contributed by atoms with Gasteiger partial charge in [0.25, 0.3) is 0 Å². The Balaban J connectivity index is 1.83. The standard InChI is InChI=1S/C20H24F2N4OS/c1-4-16-23-20-26(24-16)19(27)18(28-20)17(13-5-6-14(21)15(22)8-13)25-9-11(2)7-12(3)10-25/h5-6,8,11-12,17,27H,4,7,9-10H2,1-3H3/t11-,12-,17+/m1/s1. The van der Waals surface area contributed by atoms with Gasteiger partial charge in [-0.05, 0) is 36.0 Å². The van der Waals surface area contributed by atoms with Crippen LogP contribution in [0, 0.1) is 23.5 Å². The summed E-state index contributed by atoms with van der Waals surface area (Å²) in [7, 11) is 0. The van der Waals surface area contributed by atoms with Gasteiger partial charge in [0.15, 0.2) is 17.5 Å². The normalized spacial score (nSPS) is 22.0. The van der Waals surface area contributed by atoms with Gasteiger partial charge in [0.05, 0.1) is 10.9 Å². The van der Waals surface area contributed by atoms with Crippen molar-refractivity contribution in [3.05, 3.63) is 46.1 Å². The first kappa shape index (κ1) is 19.3. The van der Waals surface area contributed by atoms with Gasteiger partial charge in [0, 0.05) is 19.5 Å². The minimum absolute atomic E-state index is 0.0211. The predicted molar refractivity (Wildman–Crippen MR) is 105 cm³/mol. The SMILES string of the molecule is CCc1nc2sc([C@H](c3ccc(F)c(F)c3)N3C[C@H](C)C[C@@H](C)C3)c(O)n2n1. The second kappa shape index (κ2) is 7.40. The maximum atomic E-state index is 14.0. The molecule has 3 heterocycles. The largest absolute Gasteiger partial charge is 0.492 e. The zero-order valence-electron chi connectivity index (χ0n) is 16.2. The summed E-state index contributed by atoms with van der Waals surface area (Å²) >= 11 is 1.35. The number of likely N-dealkylation sites (tertiary alicyclic amines) is 1. The smallest absolute Gasteiger partial charge is 0.230 e. The lowest BCUT2D eigenvalue weighted by Crippen LogP contribution is -2.41. The summed E-state index contributed by atoms with van der Waals surface area (Å²) < 4.78 is 29.0. The van der Waals surface area contributed by atoms with Gasteiger partial charge in [-0.3, -0.25) is 4.90 Å². The molecule has 150 valence electrons. The molecule has 28 heavy (non-hydrogen) atoms. The molecule has 0 spiro atoms. The van der Waals surface area contributed by atoms with Gasteiger partial charge in [-0.25, -0.2) is 13.8 Å². The number of halogens is 2. The lowest BCUT2D eigenvalue weighted by atomic mass is 9.89. The summed E-state index contributed by atoms with van der Waals surface area (Å²) in [6.45, 7) is 7.99. The molecule has 1 aliphatic rings. The number of hydrogen-bond acceptors (Lipinski definition) is 5. The number of rotatable bonds is 4. The van der Waals surface area contributed by atoms with Gasteiger partial charge < -0.3 is 5.11 Å². The lowest BCUT2D eigenvalue weighted by Gasteiger charge is -2.40. The highest BCUT2D eigenvalue weighted by Crippen LogP contribution is 2.42. The van der Waals surface area contributed by atoms with Gasteiger partial charge in [-0.2, -0.15) is 4.52 Å². The van der Waals surface area contributed by atoms with E-state index < -0.39 is 11.6 Å². The Morgan fingerprint density at radius 3 is 2.54 bits per heavy atom. The fraction of sp³-hybridized carbons (Fsp3) is 0.500. The topological polar surface area (TPSA) is 53.7 Å². The van der Waals surface area contributed by atoms with Crippen LogP contribution in [0.1, 0.15) is 49.5 Å². The van der Waals surface area contributed by atoms with Crippen molar-refractivity contribution in [1.29, 1.82) is 0 Å². The molecule has 0 amide bonds. The molecule has 1 aromatic carbocycles. The number of benzene rings is 1. The molecule has 0 unspecified atom stereocenters. The van der Waals surface area contributed by atoms with Crippen molar-refractivity contribution in [3.8, 4) is 5.88 Å². The summed E-state index contributed by atoms with van der Waals surface area (Å²) in [5, 5.41) is 15.2. The van der Waals surface area contributed by atoms with E-state index in [2.05, 4.69) is 28.8 Å². The van der Waals surface area contributed by atoms with Crippen LogP contribution in [0.3, 0.4) is 0 Å². The molecule has 4 rings (SSSR count). The van der Waals surface area contributed by atoms with Crippen molar-refractivity contribution in [2.45, 2.75) is 39.7 Å². The summed E-state index contributed by atoms with van der Waals surface area (Å²) in [5.74, 6) is -0.110. The summed E-state index contributed by atoms with van der Waals surface area (Å²) in [6, 6.07) is 3.60. The highest BCUT2D eigenvalue weighted by atomic mass is 32.1. The number of fused-ring (bicyclic) bond motifs is 1. The average molecular weight is 407 g/mol. The zero-order valence-corrected chi connectivity index (χ0v) is 17.0. The van der Waals surface area contributed by atoms with Crippen molar-refractivity contribution in [1.82, 2.24) is 19.5 Å². The molecule has 0 bridgehead atoms. The number of piperidine rings is 1. The minimum Gasteiger partial charge on any atom is -0.492 e. The molecule has 2 aromatic heterocycles. The number of nitrogens with zero attached hydrogens (tertiary/aromatic N) is 4. The fourth-order valence-electron chi connectivity index (χ4n) is 4.25. The van der Waals surface area contributed by atoms with E-state index in [0.717, 1.165) is 25.6 Å². The van der Waals surface area contributed by atoms with Gasteiger partial charge in [0.2, 0.25) is 10.8 Å². The second-order valence-corrected chi connectivity index (χ2v) is 8.85. The van der Waals surface area contributed by atoms with Gasteiger partial charge in [0.1, 0.15) is 0 Å². The van der Waals surface area contributed by atoms with Gasteiger partial charge in [-0.15, -0.1) is 5.10 Å². The first-order valence-corrected chi connectivity index (χ1v) is 10.4. The Bertz CT molecular complexity index is 992. The molecule has 0 radical (unpaired) electrons. The van der Waals surface area contributed by atoms with Crippen molar-refractivity contribution in [3.63, 3.8) is 0 Å². The van der Waals surface area contributed by atoms with E-state index in [0.29, 0.717) is 39.5 Å². The van der Waals surface area contributed by atoms with Gasteiger partial charge >= 0.3 is 0 Å². The van der Waals surface area contributed by atoms with Crippen molar-refractivity contribution < 1.29 is 13.9 Å². The molecule has 1 saturated heterocycles. The number of aromatic nitrogens is 3. The molecule has 1 N–H and O–H groups in total. The Morgan fingerprint density at radius 1 is 1.21 bits per heavy atom. The monoisotopic (exact) mass is 406 g/mol. The predicted octanol–water partition coefficient (Wildman–Crippen LogP) is 4.40. The molecule has 5 nitrogen and oxygen atoms in total. The van der Waals surface area contributed by atoms with Crippen LogP contribution in [-0.4, -0.2) is 37.7 Å². The number of aryl methyl sites for hydroxylation is 1. The third-order valence-corrected chi connectivity index (χ3v) is 6.40. The van der Waals surface area contributed by atoms with E-state index in [1.54, 1.807) is 6.07 Å². The minimum atomic E-state index is -0.882. The maximum absolute atomic E-state index is 14.0. The Morgan fingerprint density at radius 2 is 1.93 bits per heavy atom. The number of thiazole rings is 1. The van der Waals surface area contributed by atoms with E-state index in [1.807, 2.05) is 6.92 Å². The summed E-state index contributed by atoms with van der Waals surface area (Å²) in [6.07, 6.45) is 1.80. The zero-order chi connectivity index (χ0) is 20.0. The van der Waals surface area contributed by atoms with Crippen LogP contribution in [0.5, 0.6) is 5.88 Å². The van der Waals surface area contributed by atoms with E-state index in [9.17, 15) is 13.9 Å². The van der Waals surface area contributed by atoms with Crippen LogP contribution in [0.2, 0.25) is 0 Å². The average Bonchev–Trinajstić information content (AvgIpc) is 3.17. The molecule has 3 aromatic rings. The van der Waals surface area contributed by atoms with Crippen LogP contribution < -0.4 is 0 Å². The second-order valence-electron chi connectivity index (χ2n) is 7.84. The van der Waals surface area contributed by atoms with Crippen LogP contribution in [0.15, 0.2) is 18.2 Å². The molecular weight excluding hydrogens is 382 g/mol. The third kappa shape index (κ3) is 3.39. The molecule has 3 atom stereocenters. The Kier molecular flexibility index (Phi) is 5.09. The molecule has 8 heteroatoms.